The van der Waals surface area contributed by atoms with Crippen LogP contribution in [-0.2, 0) is 0 Å². The van der Waals surface area contributed by atoms with E-state index in [-0.39, 0.29) is 39.4 Å². The summed E-state index contributed by atoms with van der Waals surface area (Å²) in [7, 11) is 0. The summed E-state index contributed by atoms with van der Waals surface area (Å²) < 4.78 is 47.4. The zero-order valence-electron chi connectivity index (χ0n) is 27.8. The summed E-state index contributed by atoms with van der Waals surface area (Å²) in [6, 6.07) is 12.0. The minimum absolute atomic E-state index is 0.0485. The largest absolute Gasteiger partial charge is 0.365 e. The van der Waals surface area contributed by atoms with Crippen molar-refractivity contribution >= 4 is 22.6 Å². The topological polar surface area (TPSA) is 123 Å². The number of hydrogen-bond acceptors (Lipinski definition) is 4. The van der Waals surface area contributed by atoms with Crippen molar-refractivity contribution < 1.29 is 22.8 Å². The van der Waals surface area contributed by atoms with Gasteiger partial charge in [-0.25, -0.2) is 13.2 Å². The van der Waals surface area contributed by atoms with Crippen molar-refractivity contribution in [1.82, 2.24) is 20.1 Å². The predicted molar refractivity (Wildman–Crippen MR) is 183 cm³/mol. The number of pyridine rings is 1. The summed E-state index contributed by atoms with van der Waals surface area (Å²) in [5.74, 6) is -4.27. The summed E-state index contributed by atoms with van der Waals surface area (Å²) in [6.07, 6.45) is 8.18. The molecule has 0 bridgehead atoms. The van der Waals surface area contributed by atoms with Crippen LogP contribution in [0.1, 0.15) is 112 Å². The van der Waals surface area contributed by atoms with E-state index in [4.69, 9.17) is 5.73 Å². The van der Waals surface area contributed by atoms with Gasteiger partial charge >= 0.3 is 0 Å². The van der Waals surface area contributed by atoms with E-state index in [1.165, 1.54) is 34.9 Å². The van der Waals surface area contributed by atoms with Crippen LogP contribution in [0.4, 0.5) is 13.2 Å². The highest BCUT2D eigenvalue weighted by Gasteiger charge is 2.38. The molecule has 2 aromatic heterocycles. The van der Waals surface area contributed by atoms with E-state index in [9.17, 15) is 18.8 Å². The smallest absolute Gasteiger partial charge is 0.262 e. The van der Waals surface area contributed by atoms with Gasteiger partial charge in [0.25, 0.3) is 17.4 Å². The van der Waals surface area contributed by atoms with E-state index in [1.807, 2.05) is 0 Å². The molecule has 50 heavy (non-hydrogen) atoms. The van der Waals surface area contributed by atoms with Gasteiger partial charge in [-0.2, -0.15) is 5.10 Å². The van der Waals surface area contributed by atoms with Crippen LogP contribution >= 0.6 is 0 Å². The standard InChI is InChI=1S/C39H38F3N5O3/c1-20(25-18-44-45-19-25)47-21(2)31(38(49)46-36(23-9-4-10-23)24-11-5-12-26(40)17-24)34-28(15-16-30(42)35(34)39(47)50)32(22-7-3-8-22)27-13-6-14-29(41)33(27)37(43)48/h5-6,11-20,22-23,32,36H,3-4,7-10H2,1-2H3,(H2,43,48)(H,44,45)(H,46,49)/t20?,32-,36+/m1/s1. The average molecular weight is 682 g/mol. The Morgan fingerprint density at radius 3 is 2.24 bits per heavy atom. The number of halogens is 3. The van der Waals surface area contributed by atoms with Crippen molar-refractivity contribution in [2.45, 2.75) is 70.4 Å². The summed E-state index contributed by atoms with van der Waals surface area (Å²) in [6.45, 7) is 3.42. The maximum absolute atomic E-state index is 16.2. The van der Waals surface area contributed by atoms with E-state index < -0.39 is 52.8 Å². The number of nitrogens with zero attached hydrogens (tertiary/aromatic N) is 2. The number of rotatable bonds is 10. The molecule has 0 saturated heterocycles. The van der Waals surface area contributed by atoms with Crippen LogP contribution in [0.25, 0.3) is 10.8 Å². The van der Waals surface area contributed by atoms with Gasteiger partial charge in [-0.1, -0.05) is 43.2 Å². The van der Waals surface area contributed by atoms with E-state index in [2.05, 4.69) is 15.5 Å². The van der Waals surface area contributed by atoms with Crippen molar-refractivity contribution in [3.8, 4) is 0 Å². The Labute approximate surface area is 286 Å². The number of benzene rings is 3. The fourth-order valence-corrected chi connectivity index (χ4v) is 7.96. The first-order valence-corrected chi connectivity index (χ1v) is 17.1. The minimum atomic E-state index is -0.947. The van der Waals surface area contributed by atoms with E-state index >= 15 is 8.78 Å². The number of nitrogens with one attached hydrogen (secondary N) is 2. The molecule has 4 N–H and O–H groups in total. The number of H-pyrrole nitrogens is 1. The molecule has 8 nitrogen and oxygen atoms in total. The lowest BCUT2D eigenvalue weighted by atomic mass is 9.68. The van der Waals surface area contributed by atoms with E-state index in [0.717, 1.165) is 44.6 Å². The van der Waals surface area contributed by atoms with Gasteiger partial charge in [0, 0.05) is 28.8 Å². The number of aromatic nitrogens is 3. The first-order chi connectivity index (χ1) is 24.1. The monoisotopic (exact) mass is 681 g/mol. The Kier molecular flexibility index (Phi) is 8.84. The molecular weight excluding hydrogens is 643 g/mol. The van der Waals surface area contributed by atoms with Gasteiger partial charge < -0.3 is 15.6 Å². The van der Waals surface area contributed by atoms with Gasteiger partial charge in [0.1, 0.15) is 17.5 Å². The molecule has 258 valence electrons. The van der Waals surface area contributed by atoms with Gasteiger partial charge in [0.05, 0.1) is 34.8 Å². The SMILES string of the molecule is Cc1c(C(=O)N[C@H](c2cccc(F)c2)C2CCC2)c2c([C@@H](c3cccc(F)c3C(N)=O)C3CCC3)ccc(F)c2c(=O)n1C(C)c1cn[nH]c1. The van der Waals surface area contributed by atoms with Crippen molar-refractivity contribution in [2.24, 2.45) is 17.6 Å². The Hall–Kier alpha value is -5.19. The zero-order valence-corrected chi connectivity index (χ0v) is 27.8. The molecule has 2 heterocycles. The van der Waals surface area contributed by atoms with Gasteiger partial charge in [-0.15, -0.1) is 0 Å². The highest BCUT2D eigenvalue weighted by molar-refractivity contribution is 6.09. The molecule has 0 spiro atoms. The van der Waals surface area contributed by atoms with Crippen LogP contribution < -0.4 is 16.6 Å². The highest BCUT2D eigenvalue weighted by atomic mass is 19.1. The summed E-state index contributed by atoms with van der Waals surface area (Å²) >= 11 is 0. The molecule has 7 rings (SSSR count). The van der Waals surface area contributed by atoms with Crippen molar-refractivity contribution in [2.75, 3.05) is 0 Å². The normalized spacial score (nSPS) is 16.7. The van der Waals surface area contributed by atoms with Crippen LogP contribution in [0.5, 0.6) is 0 Å². The summed E-state index contributed by atoms with van der Waals surface area (Å²) in [5.41, 5.74) is 7.17. The van der Waals surface area contributed by atoms with E-state index in [0.29, 0.717) is 22.3 Å². The molecule has 2 aliphatic rings. The van der Waals surface area contributed by atoms with Crippen LogP contribution in [0.15, 0.2) is 71.8 Å². The quantitative estimate of drug-likeness (QED) is 0.143. The molecule has 1 unspecified atom stereocenters. The first kappa shape index (κ1) is 33.3. The summed E-state index contributed by atoms with van der Waals surface area (Å²) in [4.78, 5) is 42.1. The van der Waals surface area contributed by atoms with Gasteiger partial charge in [-0.3, -0.25) is 19.5 Å². The van der Waals surface area contributed by atoms with E-state index in [1.54, 1.807) is 44.4 Å². The molecule has 5 aromatic rings. The second-order valence-corrected chi connectivity index (χ2v) is 13.7. The average Bonchev–Trinajstić information content (AvgIpc) is 3.57. The molecule has 0 radical (unpaired) electrons. The fourth-order valence-electron chi connectivity index (χ4n) is 7.96. The van der Waals surface area contributed by atoms with Gasteiger partial charge in [0.15, 0.2) is 0 Å². The molecule has 3 aromatic carbocycles. The lowest BCUT2D eigenvalue weighted by Gasteiger charge is -2.37. The lowest BCUT2D eigenvalue weighted by molar-refractivity contribution is 0.0899. The number of aromatic amines is 1. The number of carbonyl (C=O) groups excluding carboxylic acids is 2. The van der Waals surface area contributed by atoms with Crippen molar-refractivity contribution in [3.05, 3.63) is 134 Å². The zero-order chi connectivity index (χ0) is 35.3. The number of primary amides is 1. The predicted octanol–water partition coefficient (Wildman–Crippen LogP) is 7.36. The molecule has 2 aliphatic carbocycles. The van der Waals surface area contributed by atoms with Crippen LogP contribution in [0, 0.1) is 36.2 Å². The number of fused-ring (bicyclic) bond motifs is 1. The van der Waals surface area contributed by atoms with Gasteiger partial charge in [0.2, 0.25) is 0 Å². The molecule has 2 saturated carbocycles. The molecule has 0 aliphatic heterocycles. The third-order valence-electron chi connectivity index (χ3n) is 10.9. The lowest BCUT2D eigenvalue weighted by Crippen LogP contribution is -2.38. The third-order valence-corrected chi connectivity index (χ3v) is 10.9. The Balaban J connectivity index is 1.52. The number of amides is 2. The van der Waals surface area contributed by atoms with Crippen molar-refractivity contribution in [3.63, 3.8) is 0 Å². The summed E-state index contributed by atoms with van der Waals surface area (Å²) in [5, 5.41) is 9.74. The maximum Gasteiger partial charge on any atom is 0.262 e. The van der Waals surface area contributed by atoms with Gasteiger partial charge in [-0.05, 0) is 92.3 Å². The Morgan fingerprint density at radius 1 is 0.900 bits per heavy atom. The molecule has 3 atom stereocenters. The molecule has 2 fully saturated rings. The Bertz CT molecular complexity index is 2170. The second kappa shape index (κ2) is 13.3. The third kappa shape index (κ3) is 5.68. The van der Waals surface area contributed by atoms with Crippen molar-refractivity contribution in [1.29, 1.82) is 0 Å². The number of hydrogen-bond donors (Lipinski definition) is 3. The number of carbonyl (C=O) groups is 2. The highest BCUT2D eigenvalue weighted by Crippen LogP contribution is 2.47. The fraction of sp³-hybridized carbons (Fsp3) is 0.333. The minimum Gasteiger partial charge on any atom is -0.365 e. The maximum atomic E-state index is 16.2. The van der Waals surface area contributed by atoms with Crippen LogP contribution in [-0.4, -0.2) is 26.6 Å². The van der Waals surface area contributed by atoms with Crippen LogP contribution in [0.2, 0.25) is 0 Å². The van der Waals surface area contributed by atoms with Crippen LogP contribution in [0.3, 0.4) is 0 Å². The number of nitrogens with two attached hydrogens (primary N) is 1. The molecular formula is C39H38F3N5O3. The molecule has 2 amide bonds. The molecule has 11 heteroatoms. The first-order valence-electron chi connectivity index (χ1n) is 17.1. The second-order valence-electron chi connectivity index (χ2n) is 13.7. The Morgan fingerprint density at radius 2 is 1.62 bits per heavy atom.